The second-order valence-corrected chi connectivity index (χ2v) is 15.9. The van der Waals surface area contributed by atoms with Crippen molar-refractivity contribution in [3.8, 4) is 22.8 Å². The highest BCUT2D eigenvalue weighted by molar-refractivity contribution is 7.89. The Labute approximate surface area is 327 Å². The van der Waals surface area contributed by atoms with Gasteiger partial charge in [-0.3, -0.25) is 0 Å². The zero-order valence-electron chi connectivity index (χ0n) is 31.9. The summed E-state index contributed by atoms with van der Waals surface area (Å²) in [5, 5.41) is 0. The van der Waals surface area contributed by atoms with Gasteiger partial charge in [0.15, 0.2) is 0 Å². The van der Waals surface area contributed by atoms with Crippen LogP contribution in [-0.4, -0.2) is 106 Å². The van der Waals surface area contributed by atoms with Crippen molar-refractivity contribution in [1.82, 2.24) is 24.2 Å². The molecule has 8 rings (SSSR count). The lowest BCUT2D eigenvalue weighted by molar-refractivity contribution is 0.0730. The summed E-state index contributed by atoms with van der Waals surface area (Å²) in [6.07, 6.45) is 4.40. The van der Waals surface area contributed by atoms with Crippen LogP contribution in [0.2, 0.25) is 0 Å². The molecule has 0 radical (unpaired) electrons. The van der Waals surface area contributed by atoms with Gasteiger partial charge in [0.05, 0.1) is 51.2 Å². The van der Waals surface area contributed by atoms with Crippen molar-refractivity contribution >= 4 is 33.4 Å². The fraction of sp³-hybridized carbons (Fsp3) is 0.366. The number of nitrogens with zero attached hydrogens (tertiary/aromatic N) is 8. The predicted molar refractivity (Wildman–Crippen MR) is 213 cm³/mol. The first-order valence-electron chi connectivity index (χ1n) is 18.8. The van der Waals surface area contributed by atoms with E-state index in [1.165, 1.54) is 4.31 Å². The van der Waals surface area contributed by atoms with E-state index in [2.05, 4.69) is 39.0 Å². The first-order chi connectivity index (χ1) is 27.3. The maximum atomic E-state index is 13.5. The van der Waals surface area contributed by atoms with E-state index < -0.39 is 10.0 Å². The lowest BCUT2D eigenvalue weighted by atomic mass is 10.1. The molecule has 0 spiro atoms. The number of hydrogen-bond donors (Lipinski definition) is 0. The molecule has 0 amide bonds. The molecular weight excluding hydrogens is 733 g/mol. The predicted octanol–water partition coefficient (Wildman–Crippen LogP) is 5.02. The molecule has 2 saturated heterocycles. The lowest BCUT2D eigenvalue weighted by Crippen LogP contribution is -2.40. The molecule has 0 aliphatic carbocycles. The van der Waals surface area contributed by atoms with Crippen LogP contribution in [0.15, 0.2) is 84.0 Å². The number of ether oxygens (including phenoxy) is 4. The molecular formula is C41H46N8O6S. The quantitative estimate of drug-likeness (QED) is 0.168. The third-order valence-corrected chi connectivity index (χ3v) is 12.3. The van der Waals surface area contributed by atoms with Gasteiger partial charge in [-0.25, -0.2) is 23.4 Å². The number of rotatable bonds is 12. The van der Waals surface area contributed by atoms with Gasteiger partial charge in [-0.15, -0.1) is 0 Å². The fourth-order valence-corrected chi connectivity index (χ4v) is 8.85. The number of anilines is 4. The van der Waals surface area contributed by atoms with Crippen LogP contribution in [0.1, 0.15) is 22.3 Å². The van der Waals surface area contributed by atoms with E-state index in [9.17, 15) is 8.42 Å². The van der Waals surface area contributed by atoms with Crippen LogP contribution in [0.25, 0.3) is 11.3 Å². The summed E-state index contributed by atoms with van der Waals surface area (Å²) in [4.78, 5) is 26.9. The van der Waals surface area contributed by atoms with Crippen molar-refractivity contribution in [2.24, 2.45) is 0 Å². The van der Waals surface area contributed by atoms with Gasteiger partial charge in [-0.1, -0.05) is 24.3 Å². The SMILES string of the molecule is COc1ccc(CN(Cc2ccc(OC)cc2)c2ncc(-c3nc(N4CCOCC4)nc4c3CCN4c3ccc(S(=O)(=O)N4CCOCC4)cc3C)cn2)cc1. The van der Waals surface area contributed by atoms with Crippen molar-refractivity contribution < 1.29 is 27.4 Å². The zero-order chi connectivity index (χ0) is 38.6. The van der Waals surface area contributed by atoms with E-state index in [-0.39, 0.29) is 4.90 Å². The zero-order valence-corrected chi connectivity index (χ0v) is 32.7. The molecule has 0 unspecified atom stereocenters. The Morgan fingerprint density at radius 1 is 0.750 bits per heavy atom. The number of fused-ring (bicyclic) bond motifs is 1. The summed E-state index contributed by atoms with van der Waals surface area (Å²) in [6.45, 7) is 7.80. The number of benzene rings is 3. The molecule has 2 fully saturated rings. The number of aromatic nitrogens is 4. The van der Waals surface area contributed by atoms with E-state index >= 15 is 0 Å². The Hall–Kier alpha value is -5.35. The molecule has 0 saturated carbocycles. The van der Waals surface area contributed by atoms with Crippen molar-refractivity contribution in [3.63, 3.8) is 0 Å². The minimum absolute atomic E-state index is 0.280. The van der Waals surface area contributed by atoms with Crippen LogP contribution in [0.5, 0.6) is 11.5 Å². The molecule has 0 atom stereocenters. The number of morpholine rings is 2. The van der Waals surface area contributed by atoms with Crippen LogP contribution < -0.4 is 24.2 Å². The highest BCUT2D eigenvalue weighted by atomic mass is 32.2. The minimum Gasteiger partial charge on any atom is -0.497 e. The van der Waals surface area contributed by atoms with Gasteiger partial charge in [0.25, 0.3) is 0 Å². The number of hydrogen-bond acceptors (Lipinski definition) is 13. The molecule has 14 nitrogen and oxygen atoms in total. The summed E-state index contributed by atoms with van der Waals surface area (Å²) in [5.41, 5.74) is 6.52. The summed E-state index contributed by atoms with van der Waals surface area (Å²) >= 11 is 0. The number of aryl methyl sites for hydroxylation is 1. The normalized spacial score (nSPS) is 16.1. The summed E-state index contributed by atoms with van der Waals surface area (Å²) in [5.74, 6) is 3.60. The van der Waals surface area contributed by atoms with E-state index in [1.54, 1.807) is 26.4 Å². The van der Waals surface area contributed by atoms with Gasteiger partial charge in [-0.05, 0) is 72.5 Å². The first kappa shape index (κ1) is 37.6. The Balaban J connectivity index is 1.12. The van der Waals surface area contributed by atoms with Crippen molar-refractivity contribution in [2.75, 3.05) is 88.1 Å². The molecule has 5 aromatic rings. The molecule has 0 N–H and O–H groups in total. The van der Waals surface area contributed by atoms with Crippen LogP contribution in [-0.2, 0) is 39.0 Å². The Kier molecular flexibility index (Phi) is 11.0. The Morgan fingerprint density at radius 2 is 1.34 bits per heavy atom. The summed E-state index contributed by atoms with van der Waals surface area (Å²) < 4.78 is 50.3. The molecule has 15 heteroatoms. The smallest absolute Gasteiger partial charge is 0.243 e. The minimum atomic E-state index is -3.64. The monoisotopic (exact) mass is 778 g/mol. The van der Waals surface area contributed by atoms with Crippen LogP contribution in [0, 0.1) is 6.92 Å². The highest BCUT2D eigenvalue weighted by Gasteiger charge is 2.32. The van der Waals surface area contributed by atoms with Gasteiger partial charge in [0, 0.05) is 75.0 Å². The Morgan fingerprint density at radius 3 is 1.91 bits per heavy atom. The van der Waals surface area contributed by atoms with Crippen molar-refractivity contribution in [3.05, 3.63) is 101 Å². The maximum absolute atomic E-state index is 13.5. The van der Waals surface area contributed by atoms with Gasteiger partial charge < -0.3 is 33.6 Å². The molecule has 56 heavy (non-hydrogen) atoms. The van der Waals surface area contributed by atoms with Gasteiger partial charge >= 0.3 is 0 Å². The van der Waals surface area contributed by atoms with E-state index in [1.807, 2.05) is 49.6 Å². The molecule has 292 valence electrons. The highest BCUT2D eigenvalue weighted by Crippen LogP contribution is 2.41. The fourth-order valence-electron chi connectivity index (χ4n) is 7.36. The second kappa shape index (κ2) is 16.4. The standard InChI is InChI=1S/C41H46N8O6S/c1-29-24-35(56(50,51)48-18-22-55-23-19-48)12-13-37(29)49-15-14-36-38(44-41(45-39(36)49)46-16-20-54-21-17-46)32-25-42-40(43-26-32)47(27-30-4-8-33(52-2)9-5-30)28-31-6-10-34(53-3)11-7-31/h4-13,24-26H,14-23,27-28H2,1-3H3. The average Bonchev–Trinajstić information content (AvgIpc) is 3.68. The molecule has 3 aliphatic rings. The van der Waals surface area contributed by atoms with Crippen molar-refractivity contribution in [1.29, 1.82) is 0 Å². The largest absolute Gasteiger partial charge is 0.497 e. The number of methoxy groups -OCH3 is 2. The van der Waals surface area contributed by atoms with E-state index in [0.29, 0.717) is 90.6 Å². The van der Waals surface area contributed by atoms with Crippen LogP contribution >= 0.6 is 0 Å². The number of sulfonamides is 1. The van der Waals surface area contributed by atoms with E-state index in [0.717, 1.165) is 56.5 Å². The molecule has 3 aliphatic heterocycles. The molecule has 3 aromatic carbocycles. The average molecular weight is 779 g/mol. The first-order valence-corrected chi connectivity index (χ1v) is 20.3. The van der Waals surface area contributed by atoms with Gasteiger partial charge in [-0.2, -0.15) is 9.29 Å². The molecule has 2 aromatic heterocycles. The third kappa shape index (κ3) is 7.85. The van der Waals surface area contributed by atoms with Gasteiger partial charge in [0.2, 0.25) is 21.9 Å². The summed E-state index contributed by atoms with van der Waals surface area (Å²) in [6, 6.07) is 21.4. The second-order valence-electron chi connectivity index (χ2n) is 14.0. The van der Waals surface area contributed by atoms with Crippen LogP contribution in [0.4, 0.5) is 23.4 Å². The topological polar surface area (TPSA) is 136 Å². The molecule has 5 heterocycles. The third-order valence-electron chi connectivity index (χ3n) is 10.4. The van der Waals surface area contributed by atoms with Crippen LogP contribution in [0.3, 0.4) is 0 Å². The molecule has 0 bridgehead atoms. The lowest BCUT2D eigenvalue weighted by Gasteiger charge is -2.29. The van der Waals surface area contributed by atoms with Gasteiger partial charge in [0.1, 0.15) is 17.3 Å². The maximum Gasteiger partial charge on any atom is 0.243 e. The summed E-state index contributed by atoms with van der Waals surface area (Å²) in [7, 11) is -0.314. The van der Waals surface area contributed by atoms with E-state index in [4.69, 9.17) is 38.9 Å². The Bertz CT molecular complexity index is 2200. The van der Waals surface area contributed by atoms with Crippen molar-refractivity contribution in [2.45, 2.75) is 31.3 Å².